The molecule has 1 rings (SSSR count). The Morgan fingerprint density at radius 2 is 0.983 bits per heavy atom. The lowest BCUT2D eigenvalue weighted by atomic mass is 9.85. The Balaban J connectivity index is 2.56. The summed E-state index contributed by atoms with van der Waals surface area (Å²) in [4.78, 5) is 23.4. The number of phosphoric ester groups is 1. The topological polar surface area (TPSA) is 226 Å². The predicted octanol–water partition coefficient (Wildman–Crippen LogP) is 7.98. The van der Waals surface area contributed by atoms with Gasteiger partial charge in [-0.3, -0.25) is 13.8 Å². The van der Waals surface area contributed by atoms with Crippen LogP contribution in [0.4, 0.5) is 0 Å². The molecule has 8 atom stereocenters. The van der Waals surface area contributed by atoms with E-state index in [1.807, 2.05) is 0 Å². The fourth-order valence-electron chi connectivity index (χ4n) is 7.61. The van der Waals surface area contributed by atoms with Gasteiger partial charge in [0, 0.05) is 0 Å². The van der Waals surface area contributed by atoms with E-state index >= 15 is 0 Å². The van der Waals surface area contributed by atoms with E-state index in [1.54, 1.807) is 6.08 Å². The maximum absolute atomic E-state index is 13.0. The molecule has 0 heterocycles. The third kappa shape index (κ3) is 27.8. The van der Waals surface area contributed by atoms with Crippen LogP contribution in [-0.4, -0.2) is 108 Å². The zero-order valence-electron chi connectivity index (χ0n) is 37.4. The highest BCUT2D eigenvalue weighted by atomic mass is 31.2. The minimum Gasteiger partial charge on any atom is -0.393 e. The first-order chi connectivity index (χ1) is 28.8. The number of nitrogens with one attached hydrogen (secondary N) is 1. The van der Waals surface area contributed by atoms with Crippen molar-refractivity contribution in [1.29, 1.82) is 0 Å². The second kappa shape index (κ2) is 36.2. The van der Waals surface area contributed by atoms with Gasteiger partial charge < -0.3 is 46.0 Å². The Morgan fingerprint density at radius 1 is 0.583 bits per heavy atom. The number of aliphatic hydroxyl groups excluding tert-OH is 7. The van der Waals surface area contributed by atoms with Gasteiger partial charge in [0.15, 0.2) is 0 Å². The van der Waals surface area contributed by atoms with Gasteiger partial charge in [-0.2, -0.15) is 0 Å². The molecular formula is C46H88NO12P. The molecule has 0 aromatic rings. The molecule has 1 aliphatic rings. The summed E-state index contributed by atoms with van der Waals surface area (Å²) in [6.45, 7) is 3.72. The highest BCUT2D eigenvalue weighted by molar-refractivity contribution is 7.47. The maximum Gasteiger partial charge on any atom is 0.472 e. The van der Waals surface area contributed by atoms with E-state index in [0.717, 1.165) is 44.9 Å². The van der Waals surface area contributed by atoms with E-state index in [4.69, 9.17) is 9.05 Å². The number of carbonyl (C=O) groups excluding carboxylic acids is 1. The second-order valence-corrected chi connectivity index (χ2v) is 18.5. The molecule has 0 bridgehead atoms. The Kier molecular flexibility index (Phi) is 34.2. The normalized spacial score (nSPS) is 23.6. The van der Waals surface area contributed by atoms with Crippen LogP contribution in [0, 0.1) is 0 Å². The van der Waals surface area contributed by atoms with Gasteiger partial charge in [0.2, 0.25) is 5.91 Å². The summed E-state index contributed by atoms with van der Waals surface area (Å²) in [7, 11) is -5.14. The lowest BCUT2D eigenvalue weighted by molar-refractivity contribution is -0.220. The first-order valence-electron chi connectivity index (χ1n) is 23.9. The van der Waals surface area contributed by atoms with Crippen molar-refractivity contribution in [2.75, 3.05) is 6.61 Å². The molecule has 0 radical (unpaired) electrons. The van der Waals surface area contributed by atoms with Crippen molar-refractivity contribution in [2.24, 2.45) is 0 Å². The molecule has 14 heteroatoms. The molecule has 9 N–H and O–H groups in total. The van der Waals surface area contributed by atoms with Crippen molar-refractivity contribution in [3.05, 3.63) is 24.3 Å². The van der Waals surface area contributed by atoms with Gasteiger partial charge in [-0.15, -0.1) is 0 Å². The summed E-state index contributed by atoms with van der Waals surface area (Å²) < 4.78 is 22.8. The summed E-state index contributed by atoms with van der Waals surface area (Å²) in [6, 6.07) is -1.25. The Labute approximate surface area is 363 Å². The number of rotatable bonds is 39. The average Bonchev–Trinajstić information content (AvgIpc) is 3.22. The van der Waals surface area contributed by atoms with Gasteiger partial charge in [0.1, 0.15) is 36.6 Å². The molecule has 60 heavy (non-hydrogen) atoms. The second-order valence-electron chi connectivity index (χ2n) is 17.1. The van der Waals surface area contributed by atoms with E-state index in [-0.39, 0.29) is 6.42 Å². The van der Waals surface area contributed by atoms with Crippen LogP contribution >= 0.6 is 7.82 Å². The summed E-state index contributed by atoms with van der Waals surface area (Å²) in [5.41, 5.74) is 0. The molecule has 1 saturated carbocycles. The number of unbranched alkanes of at least 4 members (excludes halogenated alkanes) is 24. The van der Waals surface area contributed by atoms with Crippen molar-refractivity contribution in [3.63, 3.8) is 0 Å². The van der Waals surface area contributed by atoms with Gasteiger partial charge in [-0.25, -0.2) is 4.57 Å². The standard InChI is InChI=1S/C46H88NO12P/c1-3-5-7-9-11-13-15-16-17-18-19-20-21-22-24-26-28-30-32-34-39(49)38(36-58-60(56,57)59-46-44(54)42(52)41(51)43(53)45(46)55)47-40(50)35-37(48)33-31-29-27-25-23-14-12-10-8-6-4-2/h24,26,32,34,37-39,41-46,48-49,51-55H,3-23,25,27-31,33,35-36H2,1-2H3,(H,47,50)(H,56,57)/b26-24+,34-32+. The Hall–Kier alpha value is -1.22. The summed E-state index contributed by atoms with van der Waals surface area (Å²) in [5.74, 6) is -0.602. The van der Waals surface area contributed by atoms with Gasteiger partial charge in [-0.1, -0.05) is 186 Å². The van der Waals surface area contributed by atoms with Gasteiger partial charge in [0.05, 0.1) is 31.3 Å². The maximum atomic E-state index is 13.0. The van der Waals surface area contributed by atoms with Crippen molar-refractivity contribution >= 4 is 13.7 Å². The molecule has 354 valence electrons. The largest absolute Gasteiger partial charge is 0.472 e. The van der Waals surface area contributed by atoms with Crippen LogP contribution in [0.2, 0.25) is 0 Å². The molecule has 1 aliphatic carbocycles. The fourth-order valence-corrected chi connectivity index (χ4v) is 8.58. The molecule has 1 amide bonds. The first-order valence-corrected chi connectivity index (χ1v) is 25.4. The summed E-state index contributed by atoms with van der Waals surface area (Å²) in [6.07, 6.45) is 25.6. The molecule has 0 saturated heterocycles. The lowest BCUT2D eigenvalue weighted by Crippen LogP contribution is -2.64. The van der Waals surface area contributed by atoms with E-state index < -0.39 is 75.2 Å². The van der Waals surface area contributed by atoms with Crippen LogP contribution < -0.4 is 5.32 Å². The highest BCUT2D eigenvalue weighted by Crippen LogP contribution is 2.47. The van der Waals surface area contributed by atoms with E-state index in [1.165, 1.54) is 128 Å². The average molecular weight is 878 g/mol. The van der Waals surface area contributed by atoms with E-state index in [0.29, 0.717) is 12.8 Å². The summed E-state index contributed by atoms with van der Waals surface area (Å²) >= 11 is 0. The SMILES string of the molecule is CCCCCCCCCCCCCCC/C=C/CC/C=C/C(O)C(COP(=O)(O)OC1C(O)C(O)C(O)C(O)C1O)NC(=O)CC(O)CCCCCCCCCCCCC. The third-order valence-corrected chi connectivity index (χ3v) is 12.5. The fraction of sp³-hybridized carbons (Fsp3) is 0.891. The van der Waals surface area contributed by atoms with Crippen molar-refractivity contribution in [3.8, 4) is 0 Å². The van der Waals surface area contributed by atoms with Gasteiger partial charge in [0.25, 0.3) is 0 Å². The molecule has 8 unspecified atom stereocenters. The monoisotopic (exact) mass is 878 g/mol. The number of hydrogen-bond donors (Lipinski definition) is 9. The quantitative estimate of drug-likeness (QED) is 0.0163. The molecule has 1 fully saturated rings. The number of aliphatic hydroxyl groups is 7. The van der Waals surface area contributed by atoms with Crippen LogP contribution in [0.1, 0.15) is 200 Å². The number of allylic oxidation sites excluding steroid dienone is 3. The highest BCUT2D eigenvalue weighted by Gasteiger charge is 2.51. The number of phosphoric acid groups is 1. The minimum atomic E-state index is -5.14. The Morgan fingerprint density at radius 3 is 1.47 bits per heavy atom. The molecule has 0 aromatic heterocycles. The Bertz CT molecular complexity index is 1130. The molecule has 0 aliphatic heterocycles. The minimum absolute atomic E-state index is 0.249. The van der Waals surface area contributed by atoms with Crippen molar-refractivity contribution < 1.29 is 59.0 Å². The van der Waals surface area contributed by atoms with Gasteiger partial charge >= 0.3 is 7.82 Å². The zero-order chi connectivity index (χ0) is 44.4. The van der Waals surface area contributed by atoms with Crippen LogP contribution in [-0.2, 0) is 18.4 Å². The molecule has 0 aromatic carbocycles. The summed E-state index contributed by atoms with van der Waals surface area (Å²) in [5, 5.41) is 74.4. The number of amides is 1. The number of hydrogen-bond acceptors (Lipinski definition) is 11. The third-order valence-electron chi connectivity index (χ3n) is 11.5. The van der Waals surface area contributed by atoms with E-state index in [9.17, 15) is 50.0 Å². The molecular weight excluding hydrogens is 789 g/mol. The van der Waals surface area contributed by atoms with Crippen LogP contribution in [0.5, 0.6) is 0 Å². The predicted molar refractivity (Wildman–Crippen MR) is 238 cm³/mol. The van der Waals surface area contributed by atoms with E-state index in [2.05, 4.69) is 31.3 Å². The number of carbonyl (C=O) groups is 1. The van der Waals surface area contributed by atoms with Crippen molar-refractivity contribution in [1.82, 2.24) is 5.32 Å². The van der Waals surface area contributed by atoms with Crippen LogP contribution in [0.15, 0.2) is 24.3 Å². The first kappa shape index (κ1) is 56.8. The van der Waals surface area contributed by atoms with Crippen LogP contribution in [0.25, 0.3) is 0 Å². The van der Waals surface area contributed by atoms with Crippen LogP contribution in [0.3, 0.4) is 0 Å². The molecule has 13 nitrogen and oxygen atoms in total. The van der Waals surface area contributed by atoms with Gasteiger partial charge in [-0.05, 0) is 32.1 Å². The smallest absolute Gasteiger partial charge is 0.393 e. The zero-order valence-corrected chi connectivity index (χ0v) is 38.3. The van der Waals surface area contributed by atoms with Crippen molar-refractivity contribution in [2.45, 2.75) is 255 Å². The lowest BCUT2D eigenvalue weighted by Gasteiger charge is -2.41. The molecule has 0 spiro atoms.